The van der Waals surface area contributed by atoms with Crippen molar-refractivity contribution in [3.8, 4) is 11.5 Å². The van der Waals surface area contributed by atoms with Crippen molar-refractivity contribution in [3.63, 3.8) is 0 Å². The smallest absolute Gasteiger partial charge is 0.254 e. The molecule has 3 heterocycles. The van der Waals surface area contributed by atoms with Gasteiger partial charge in [0.2, 0.25) is 6.79 Å². The summed E-state index contributed by atoms with van der Waals surface area (Å²) in [6.45, 7) is 3.30. The molecule has 7 nitrogen and oxygen atoms in total. The van der Waals surface area contributed by atoms with E-state index >= 15 is 0 Å². The summed E-state index contributed by atoms with van der Waals surface area (Å²) in [6.07, 6.45) is 1.22. The minimum atomic E-state index is 0.0412. The molecule has 3 aliphatic rings. The van der Waals surface area contributed by atoms with E-state index in [0.29, 0.717) is 30.2 Å². The maximum absolute atomic E-state index is 12.9. The number of benzene rings is 2. The molecule has 0 saturated carbocycles. The Kier molecular flexibility index (Phi) is 5.05. The molecular formula is C21H23ClN4O3. The fourth-order valence-corrected chi connectivity index (χ4v) is 4.27. The molecule has 2 fully saturated rings. The lowest BCUT2D eigenvalue weighted by Crippen LogP contribution is -2.55. The summed E-state index contributed by atoms with van der Waals surface area (Å²) in [5.41, 5.74) is 8.65. The van der Waals surface area contributed by atoms with Gasteiger partial charge in [-0.25, -0.2) is 10.9 Å². The van der Waals surface area contributed by atoms with E-state index < -0.39 is 0 Å². The maximum atomic E-state index is 12.9. The number of hydrogen-bond acceptors (Lipinski definition) is 6. The van der Waals surface area contributed by atoms with Gasteiger partial charge >= 0.3 is 0 Å². The van der Waals surface area contributed by atoms with Crippen molar-refractivity contribution in [3.05, 3.63) is 58.6 Å². The molecule has 0 spiro atoms. The molecule has 3 aliphatic heterocycles. The third-order valence-electron chi connectivity index (χ3n) is 5.82. The number of fused-ring (bicyclic) bond motifs is 1. The number of amides is 1. The van der Waals surface area contributed by atoms with Crippen molar-refractivity contribution in [2.45, 2.75) is 18.6 Å². The van der Waals surface area contributed by atoms with Crippen LogP contribution in [0.2, 0.25) is 5.02 Å². The van der Waals surface area contributed by atoms with Crippen molar-refractivity contribution in [1.29, 1.82) is 0 Å². The fourth-order valence-electron chi connectivity index (χ4n) is 4.14. The zero-order chi connectivity index (χ0) is 19.8. The number of ether oxygens (including phenoxy) is 2. The molecule has 2 aromatic carbocycles. The van der Waals surface area contributed by atoms with E-state index in [1.54, 1.807) is 18.2 Å². The molecule has 2 saturated heterocycles. The summed E-state index contributed by atoms with van der Waals surface area (Å²) < 4.78 is 10.7. The van der Waals surface area contributed by atoms with Crippen molar-refractivity contribution in [2.24, 2.45) is 0 Å². The van der Waals surface area contributed by atoms with E-state index in [4.69, 9.17) is 21.1 Å². The predicted octanol–water partition coefficient (Wildman–Crippen LogP) is 2.39. The number of piperazine rings is 1. The van der Waals surface area contributed by atoms with E-state index in [9.17, 15) is 4.79 Å². The van der Waals surface area contributed by atoms with Gasteiger partial charge in [0.1, 0.15) is 0 Å². The highest BCUT2D eigenvalue weighted by molar-refractivity contribution is 6.30. The Morgan fingerprint density at radius 1 is 0.966 bits per heavy atom. The van der Waals surface area contributed by atoms with Crippen LogP contribution in [0, 0.1) is 0 Å². The Morgan fingerprint density at radius 3 is 2.52 bits per heavy atom. The molecular weight excluding hydrogens is 392 g/mol. The summed E-state index contributed by atoms with van der Waals surface area (Å²) >= 11 is 5.99. The van der Waals surface area contributed by atoms with Gasteiger partial charge in [-0.15, -0.1) is 0 Å². The van der Waals surface area contributed by atoms with Crippen molar-refractivity contribution in [2.75, 3.05) is 33.0 Å². The normalized spacial score (nSPS) is 24.1. The third kappa shape index (κ3) is 3.79. The first-order chi connectivity index (χ1) is 14.2. The molecule has 29 heavy (non-hydrogen) atoms. The van der Waals surface area contributed by atoms with Gasteiger partial charge in [0, 0.05) is 42.8 Å². The molecule has 0 radical (unpaired) electrons. The van der Waals surface area contributed by atoms with E-state index in [1.165, 1.54) is 5.56 Å². The number of rotatable bonds is 3. The van der Waals surface area contributed by atoms with Gasteiger partial charge in [-0.3, -0.25) is 9.69 Å². The standard InChI is InChI=1S/C21H23ClN4O3/c22-16-4-1-14(2-5-16)17-12-20(24-23-17)25-7-9-26(10-8-25)21(27)15-3-6-18-19(11-15)29-13-28-18/h1-6,11,17,20,23-24H,7-10,12-13H2. The second kappa shape index (κ2) is 7.84. The quantitative estimate of drug-likeness (QED) is 0.804. The minimum absolute atomic E-state index is 0.0412. The Labute approximate surface area is 174 Å². The molecule has 0 aliphatic carbocycles. The molecule has 8 heteroatoms. The van der Waals surface area contributed by atoms with Crippen LogP contribution >= 0.6 is 11.6 Å². The number of carbonyl (C=O) groups excluding carboxylic acids is 1. The summed E-state index contributed by atoms with van der Waals surface area (Å²) in [7, 11) is 0. The second-order valence-electron chi connectivity index (χ2n) is 7.54. The van der Waals surface area contributed by atoms with Crippen LogP contribution in [0.3, 0.4) is 0 Å². The van der Waals surface area contributed by atoms with Gasteiger partial charge < -0.3 is 14.4 Å². The first kappa shape index (κ1) is 18.7. The molecule has 5 rings (SSSR count). The van der Waals surface area contributed by atoms with Gasteiger partial charge in [-0.2, -0.15) is 0 Å². The van der Waals surface area contributed by atoms with E-state index in [-0.39, 0.29) is 24.9 Å². The Hall–Kier alpha value is -2.32. The van der Waals surface area contributed by atoms with Gasteiger partial charge in [0.25, 0.3) is 5.91 Å². The van der Waals surface area contributed by atoms with Gasteiger partial charge in [-0.05, 0) is 42.3 Å². The number of nitrogens with one attached hydrogen (secondary N) is 2. The summed E-state index contributed by atoms with van der Waals surface area (Å²) in [5.74, 6) is 1.38. The Bertz CT molecular complexity index is 899. The highest BCUT2D eigenvalue weighted by Crippen LogP contribution is 2.33. The molecule has 2 atom stereocenters. The predicted molar refractivity (Wildman–Crippen MR) is 109 cm³/mol. The molecule has 0 aromatic heterocycles. The zero-order valence-electron chi connectivity index (χ0n) is 15.9. The highest BCUT2D eigenvalue weighted by Gasteiger charge is 2.32. The number of nitrogens with zero attached hydrogens (tertiary/aromatic N) is 2. The van der Waals surface area contributed by atoms with Crippen LogP contribution in [0.15, 0.2) is 42.5 Å². The number of halogens is 1. The molecule has 2 unspecified atom stereocenters. The molecule has 1 amide bonds. The lowest BCUT2D eigenvalue weighted by Gasteiger charge is -2.37. The Balaban J connectivity index is 1.17. The first-order valence-corrected chi connectivity index (χ1v) is 10.2. The summed E-state index contributed by atoms with van der Waals surface area (Å²) in [6, 6.07) is 13.6. The number of hydrazine groups is 1. The first-order valence-electron chi connectivity index (χ1n) is 9.87. The average Bonchev–Trinajstić information content (AvgIpc) is 3.43. The Morgan fingerprint density at radius 2 is 1.72 bits per heavy atom. The van der Waals surface area contributed by atoms with Crippen molar-refractivity contribution < 1.29 is 14.3 Å². The number of carbonyl (C=O) groups is 1. The fraction of sp³-hybridized carbons (Fsp3) is 0.381. The SMILES string of the molecule is O=C(c1ccc2c(c1)OCO2)N1CCN(C2CC(c3ccc(Cl)cc3)NN2)CC1. The van der Waals surface area contributed by atoms with Crippen LogP contribution < -0.4 is 20.3 Å². The third-order valence-corrected chi connectivity index (χ3v) is 6.07. The van der Waals surface area contributed by atoms with Gasteiger partial charge in [0.05, 0.1) is 6.17 Å². The monoisotopic (exact) mass is 414 g/mol. The van der Waals surface area contributed by atoms with E-state index in [2.05, 4.69) is 27.9 Å². The van der Waals surface area contributed by atoms with Crippen molar-refractivity contribution >= 4 is 17.5 Å². The molecule has 2 aromatic rings. The summed E-state index contributed by atoms with van der Waals surface area (Å²) in [5, 5.41) is 0.750. The van der Waals surface area contributed by atoms with Crippen LogP contribution in [0.1, 0.15) is 28.4 Å². The van der Waals surface area contributed by atoms with E-state index in [1.807, 2.05) is 17.0 Å². The van der Waals surface area contributed by atoms with Gasteiger partial charge in [-0.1, -0.05) is 23.7 Å². The molecule has 152 valence electrons. The van der Waals surface area contributed by atoms with Crippen molar-refractivity contribution in [1.82, 2.24) is 20.7 Å². The highest BCUT2D eigenvalue weighted by atomic mass is 35.5. The van der Waals surface area contributed by atoms with Gasteiger partial charge in [0.15, 0.2) is 11.5 Å². The van der Waals surface area contributed by atoms with Crippen LogP contribution in [-0.4, -0.2) is 54.8 Å². The van der Waals surface area contributed by atoms with Crippen LogP contribution in [-0.2, 0) is 0 Å². The van der Waals surface area contributed by atoms with E-state index in [0.717, 1.165) is 24.5 Å². The lowest BCUT2D eigenvalue weighted by molar-refractivity contribution is 0.0544. The zero-order valence-corrected chi connectivity index (χ0v) is 16.7. The minimum Gasteiger partial charge on any atom is -0.454 e. The second-order valence-corrected chi connectivity index (χ2v) is 7.98. The number of hydrogen-bond donors (Lipinski definition) is 2. The average molecular weight is 415 g/mol. The maximum Gasteiger partial charge on any atom is 0.254 e. The van der Waals surface area contributed by atoms with Crippen LogP contribution in [0.4, 0.5) is 0 Å². The molecule has 2 N–H and O–H groups in total. The lowest BCUT2D eigenvalue weighted by atomic mass is 10.0. The molecule has 0 bridgehead atoms. The van der Waals surface area contributed by atoms with Crippen LogP contribution in [0.5, 0.6) is 11.5 Å². The topological polar surface area (TPSA) is 66.1 Å². The summed E-state index contributed by atoms with van der Waals surface area (Å²) in [4.78, 5) is 17.2. The largest absolute Gasteiger partial charge is 0.454 e. The van der Waals surface area contributed by atoms with Crippen LogP contribution in [0.25, 0.3) is 0 Å².